The van der Waals surface area contributed by atoms with Gasteiger partial charge in [-0.1, -0.05) is 18.2 Å². The zero-order chi connectivity index (χ0) is 19.3. The molecule has 0 spiro atoms. The van der Waals surface area contributed by atoms with Gasteiger partial charge in [-0.15, -0.1) is 0 Å². The molecule has 28 heavy (non-hydrogen) atoms. The third-order valence-corrected chi connectivity index (χ3v) is 5.18. The zero-order valence-electron chi connectivity index (χ0n) is 15.8. The van der Waals surface area contributed by atoms with E-state index in [-0.39, 0.29) is 5.82 Å². The summed E-state index contributed by atoms with van der Waals surface area (Å²) in [6.07, 6.45) is 0.693. The molecule has 0 unspecified atom stereocenters. The number of aromatic nitrogens is 1. The molecule has 2 N–H and O–H groups in total. The number of rotatable bonds is 5. The first-order valence-corrected chi connectivity index (χ1v) is 9.59. The summed E-state index contributed by atoms with van der Waals surface area (Å²) in [4.78, 5) is 6.77. The van der Waals surface area contributed by atoms with Gasteiger partial charge in [0.05, 0.1) is 32.1 Å². The lowest BCUT2D eigenvalue weighted by atomic mass is 9.92. The number of hydrogen-bond donors (Lipinski definition) is 1. The van der Waals surface area contributed by atoms with Crippen LogP contribution in [0.5, 0.6) is 5.75 Å². The average Bonchev–Trinajstić information content (AvgIpc) is 2.74. The van der Waals surface area contributed by atoms with E-state index in [1.54, 1.807) is 0 Å². The van der Waals surface area contributed by atoms with Crippen molar-refractivity contribution in [2.45, 2.75) is 13.0 Å². The number of benzene rings is 1. The quantitative estimate of drug-likeness (QED) is 0.848. The highest BCUT2D eigenvalue weighted by Crippen LogP contribution is 2.39. The fourth-order valence-electron chi connectivity index (χ4n) is 3.72. The van der Waals surface area contributed by atoms with Crippen molar-refractivity contribution in [3.05, 3.63) is 41.1 Å². The first-order chi connectivity index (χ1) is 13.8. The van der Waals surface area contributed by atoms with Crippen LogP contribution < -0.4 is 10.5 Å². The summed E-state index contributed by atoms with van der Waals surface area (Å²) in [5, 5.41) is 9.73. The molecule has 2 aliphatic heterocycles. The van der Waals surface area contributed by atoms with Gasteiger partial charge in [0.25, 0.3) is 0 Å². The summed E-state index contributed by atoms with van der Waals surface area (Å²) in [7, 11) is 0. The molecular weight excluding hydrogens is 356 g/mol. The lowest BCUT2D eigenvalue weighted by molar-refractivity contribution is 0.0323. The lowest BCUT2D eigenvalue weighted by Crippen LogP contribution is -2.38. The normalized spacial score (nSPS) is 17.0. The molecule has 0 atom stereocenters. The predicted molar refractivity (Wildman–Crippen MR) is 105 cm³/mol. The van der Waals surface area contributed by atoms with E-state index in [2.05, 4.69) is 16.0 Å². The van der Waals surface area contributed by atoms with E-state index in [0.717, 1.165) is 61.0 Å². The van der Waals surface area contributed by atoms with Gasteiger partial charge in [-0.25, -0.2) is 4.98 Å². The number of fused-ring (bicyclic) bond motifs is 1. The number of nitrogens with zero attached hydrogens (tertiary/aromatic N) is 3. The number of ether oxygens (including phenoxy) is 3. The van der Waals surface area contributed by atoms with Crippen LogP contribution in [-0.4, -0.2) is 55.9 Å². The van der Waals surface area contributed by atoms with Crippen LogP contribution in [0.25, 0.3) is 11.1 Å². The number of para-hydroxylation sites is 1. The molecule has 3 heterocycles. The fourth-order valence-corrected chi connectivity index (χ4v) is 3.72. The molecule has 1 fully saturated rings. The van der Waals surface area contributed by atoms with Gasteiger partial charge >= 0.3 is 0 Å². The van der Waals surface area contributed by atoms with Crippen LogP contribution in [-0.2, 0) is 22.5 Å². The zero-order valence-corrected chi connectivity index (χ0v) is 15.8. The van der Waals surface area contributed by atoms with Crippen LogP contribution in [0.1, 0.15) is 16.8 Å². The molecule has 0 amide bonds. The van der Waals surface area contributed by atoms with Gasteiger partial charge in [-0.3, -0.25) is 4.90 Å². The van der Waals surface area contributed by atoms with E-state index in [4.69, 9.17) is 19.9 Å². The average molecular weight is 380 g/mol. The Morgan fingerprint density at radius 2 is 2.00 bits per heavy atom. The van der Waals surface area contributed by atoms with Gasteiger partial charge in [0.1, 0.15) is 29.8 Å². The van der Waals surface area contributed by atoms with Gasteiger partial charge in [-0.2, -0.15) is 5.26 Å². The smallest absolute Gasteiger partial charge is 0.142 e. The molecule has 4 rings (SSSR count). The number of anilines is 1. The predicted octanol–water partition coefficient (Wildman–Crippen LogP) is 1.99. The van der Waals surface area contributed by atoms with Crippen molar-refractivity contribution in [1.82, 2.24) is 9.88 Å². The van der Waals surface area contributed by atoms with Crippen molar-refractivity contribution in [3.63, 3.8) is 0 Å². The summed E-state index contributed by atoms with van der Waals surface area (Å²) in [5.41, 5.74) is 9.97. The van der Waals surface area contributed by atoms with E-state index >= 15 is 0 Å². The van der Waals surface area contributed by atoms with Crippen LogP contribution in [0, 0.1) is 11.3 Å². The van der Waals surface area contributed by atoms with Crippen LogP contribution in [0.15, 0.2) is 24.3 Å². The molecule has 0 saturated carbocycles. The molecule has 1 saturated heterocycles. The maximum atomic E-state index is 9.73. The molecule has 0 aliphatic carbocycles. The number of pyridine rings is 1. The Bertz CT molecular complexity index is 888. The highest BCUT2D eigenvalue weighted by atomic mass is 16.5. The summed E-state index contributed by atoms with van der Waals surface area (Å²) in [6.45, 7) is 5.83. The summed E-state index contributed by atoms with van der Waals surface area (Å²) < 4.78 is 17.2. The van der Waals surface area contributed by atoms with Gasteiger partial charge in [-0.05, 0) is 6.07 Å². The fraction of sp³-hybridized carbons (Fsp3) is 0.429. The highest BCUT2D eigenvalue weighted by molar-refractivity contribution is 5.82. The number of hydrogen-bond acceptors (Lipinski definition) is 7. The van der Waals surface area contributed by atoms with Gasteiger partial charge in [0.2, 0.25) is 0 Å². The minimum atomic E-state index is 0.265. The second-order valence-electron chi connectivity index (χ2n) is 6.89. The largest absolute Gasteiger partial charge is 0.492 e. The maximum absolute atomic E-state index is 9.73. The Labute approximate surface area is 164 Å². The van der Waals surface area contributed by atoms with Crippen molar-refractivity contribution < 1.29 is 14.2 Å². The number of nitriles is 1. The van der Waals surface area contributed by atoms with Crippen molar-refractivity contribution in [2.24, 2.45) is 0 Å². The maximum Gasteiger partial charge on any atom is 0.142 e. The van der Waals surface area contributed by atoms with Crippen molar-refractivity contribution in [2.75, 3.05) is 51.8 Å². The van der Waals surface area contributed by atoms with Crippen molar-refractivity contribution in [1.29, 1.82) is 5.26 Å². The molecule has 2 aliphatic rings. The highest BCUT2D eigenvalue weighted by Gasteiger charge is 2.24. The molecular formula is C21H24N4O3. The van der Waals surface area contributed by atoms with E-state index in [1.807, 2.05) is 24.3 Å². The molecule has 7 nitrogen and oxygen atoms in total. The molecule has 1 aromatic heterocycles. The Morgan fingerprint density at radius 1 is 1.18 bits per heavy atom. The van der Waals surface area contributed by atoms with E-state index in [1.165, 1.54) is 0 Å². The lowest BCUT2D eigenvalue weighted by Gasteiger charge is -2.26. The third kappa shape index (κ3) is 3.80. The third-order valence-electron chi connectivity index (χ3n) is 5.18. The standard InChI is InChI=1S/C21H24N4O3/c22-13-16-20(17-14-27-9-5-18(17)24-21(16)23)15-3-1-2-4-19(15)28-12-8-25-6-10-26-11-7-25/h1-4H,5-12,14H2,(H2,23,24). The Balaban J connectivity index is 1.65. The first kappa shape index (κ1) is 18.7. The van der Waals surface area contributed by atoms with Crippen molar-refractivity contribution in [3.8, 4) is 22.9 Å². The van der Waals surface area contributed by atoms with Crippen LogP contribution >= 0.6 is 0 Å². The van der Waals surface area contributed by atoms with Gasteiger partial charge < -0.3 is 19.9 Å². The molecule has 0 bridgehead atoms. The first-order valence-electron chi connectivity index (χ1n) is 9.59. The number of morpholine rings is 1. The van der Waals surface area contributed by atoms with Crippen LogP contribution in [0.3, 0.4) is 0 Å². The summed E-state index contributed by atoms with van der Waals surface area (Å²) in [5.74, 6) is 1.01. The minimum absolute atomic E-state index is 0.265. The van der Waals surface area contributed by atoms with Gasteiger partial charge in [0.15, 0.2) is 0 Å². The Morgan fingerprint density at radius 3 is 2.82 bits per heavy atom. The van der Waals surface area contributed by atoms with E-state index in [0.29, 0.717) is 31.8 Å². The van der Waals surface area contributed by atoms with Gasteiger partial charge in [0, 0.05) is 42.7 Å². The number of nitrogens with two attached hydrogens (primary N) is 1. The topological polar surface area (TPSA) is 93.6 Å². The van der Waals surface area contributed by atoms with E-state index in [9.17, 15) is 5.26 Å². The summed E-state index contributed by atoms with van der Waals surface area (Å²) in [6, 6.07) is 10.0. The summed E-state index contributed by atoms with van der Waals surface area (Å²) >= 11 is 0. The Hall–Kier alpha value is -2.66. The van der Waals surface area contributed by atoms with Crippen LogP contribution in [0.4, 0.5) is 5.82 Å². The minimum Gasteiger partial charge on any atom is -0.492 e. The van der Waals surface area contributed by atoms with E-state index < -0.39 is 0 Å². The molecule has 7 heteroatoms. The molecule has 2 aromatic rings. The second-order valence-corrected chi connectivity index (χ2v) is 6.89. The number of nitrogen functional groups attached to an aromatic ring is 1. The van der Waals surface area contributed by atoms with Crippen LogP contribution in [0.2, 0.25) is 0 Å². The molecule has 1 aromatic carbocycles. The SMILES string of the molecule is N#Cc1c(N)nc2c(c1-c1ccccc1OCCN1CCOCC1)COCC2. The van der Waals surface area contributed by atoms with Crippen molar-refractivity contribution >= 4 is 5.82 Å². The molecule has 0 radical (unpaired) electrons. The molecule has 146 valence electrons. The second kappa shape index (κ2) is 8.57. The monoisotopic (exact) mass is 380 g/mol. The Kier molecular flexibility index (Phi) is 5.72.